The SMILES string of the molecule is CCC(C)C(NC(=O)C(N)CCC(N)=O)C(=O)NCC(=O)NC(Cc1ccc(O)cc1)C(=O)O. The monoisotopic (exact) mass is 479 g/mol. The highest BCUT2D eigenvalue weighted by Gasteiger charge is 2.28. The highest BCUT2D eigenvalue weighted by Crippen LogP contribution is 2.12. The van der Waals surface area contributed by atoms with Crippen molar-refractivity contribution in [2.45, 2.75) is 57.7 Å². The van der Waals surface area contributed by atoms with Gasteiger partial charge in [0.05, 0.1) is 12.6 Å². The number of benzene rings is 1. The molecular weight excluding hydrogens is 446 g/mol. The number of phenols is 1. The molecule has 0 fully saturated rings. The van der Waals surface area contributed by atoms with E-state index in [9.17, 15) is 34.2 Å². The number of nitrogens with one attached hydrogen (secondary N) is 3. The van der Waals surface area contributed by atoms with E-state index < -0.39 is 54.3 Å². The molecule has 4 amide bonds. The molecule has 12 heteroatoms. The Labute approximate surface area is 197 Å². The summed E-state index contributed by atoms with van der Waals surface area (Å²) in [4.78, 5) is 59.6. The van der Waals surface area contributed by atoms with Crippen molar-refractivity contribution < 1.29 is 34.2 Å². The number of nitrogens with two attached hydrogens (primary N) is 2. The van der Waals surface area contributed by atoms with Crippen molar-refractivity contribution in [3.8, 4) is 5.75 Å². The minimum absolute atomic E-state index is 0.0238. The second kappa shape index (κ2) is 13.8. The van der Waals surface area contributed by atoms with Crippen LogP contribution in [-0.4, -0.2) is 64.5 Å². The molecule has 9 N–H and O–H groups in total. The summed E-state index contributed by atoms with van der Waals surface area (Å²) in [6.45, 7) is 3.05. The first kappa shape index (κ1) is 28.4. The fourth-order valence-electron chi connectivity index (χ4n) is 2.98. The maximum atomic E-state index is 12.7. The Morgan fingerprint density at radius 3 is 2.18 bits per heavy atom. The van der Waals surface area contributed by atoms with E-state index in [0.717, 1.165) is 0 Å². The van der Waals surface area contributed by atoms with Crippen LogP contribution < -0.4 is 27.4 Å². The molecule has 0 aliphatic heterocycles. The number of hydrogen-bond acceptors (Lipinski definition) is 7. The van der Waals surface area contributed by atoms with Gasteiger partial charge < -0.3 is 37.6 Å². The summed E-state index contributed by atoms with van der Waals surface area (Å²) in [6.07, 6.45) is 0.457. The Morgan fingerprint density at radius 1 is 1.03 bits per heavy atom. The molecule has 188 valence electrons. The normalized spacial score (nSPS) is 14.2. The zero-order valence-corrected chi connectivity index (χ0v) is 19.2. The minimum Gasteiger partial charge on any atom is -0.508 e. The molecule has 1 aromatic rings. The average molecular weight is 480 g/mol. The Balaban J connectivity index is 2.69. The molecule has 4 unspecified atom stereocenters. The highest BCUT2D eigenvalue weighted by molar-refractivity contribution is 5.93. The Morgan fingerprint density at radius 2 is 1.65 bits per heavy atom. The zero-order valence-electron chi connectivity index (χ0n) is 19.2. The van der Waals surface area contributed by atoms with Gasteiger partial charge >= 0.3 is 5.97 Å². The quantitative estimate of drug-likeness (QED) is 0.171. The molecule has 12 nitrogen and oxygen atoms in total. The van der Waals surface area contributed by atoms with Crippen molar-refractivity contribution in [2.24, 2.45) is 17.4 Å². The van der Waals surface area contributed by atoms with E-state index in [1.165, 1.54) is 24.3 Å². The van der Waals surface area contributed by atoms with Crippen LogP contribution in [0.5, 0.6) is 5.75 Å². The summed E-state index contributed by atoms with van der Waals surface area (Å²) in [5.74, 6) is -4.13. The Kier molecular flexibility index (Phi) is 11.5. The van der Waals surface area contributed by atoms with Crippen LogP contribution in [0.25, 0.3) is 0 Å². The van der Waals surface area contributed by atoms with Gasteiger partial charge in [-0.1, -0.05) is 32.4 Å². The molecular formula is C22H33N5O7. The number of amides is 4. The summed E-state index contributed by atoms with van der Waals surface area (Å²) in [6, 6.07) is 2.60. The standard InChI is InChI=1S/C22H33N5O7/c1-3-12(2)19(27-20(31)15(23)8-9-17(24)29)21(32)25-11-18(30)26-16(22(33)34)10-13-4-6-14(28)7-5-13/h4-7,12,15-16,19,28H,3,8-11,23H2,1-2H3,(H2,24,29)(H,25,32)(H,26,30)(H,27,31)(H,33,34). The molecule has 0 saturated carbocycles. The van der Waals surface area contributed by atoms with Crippen LogP contribution in [0.3, 0.4) is 0 Å². The molecule has 0 spiro atoms. The van der Waals surface area contributed by atoms with Gasteiger partial charge in [-0.15, -0.1) is 0 Å². The summed E-state index contributed by atoms with van der Waals surface area (Å²) in [5, 5.41) is 26.0. The van der Waals surface area contributed by atoms with Gasteiger partial charge in [0.15, 0.2) is 0 Å². The van der Waals surface area contributed by atoms with Gasteiger partial charge in [0, 0.05) is 12.8 Å². The number of aromatic hydroxyl groups is 1. The van der Waals surface area contributed by atoms with E-state index in [4.69, 9.17) is 11.5 Å². The predicted molar refractivity (Wildman–Crippen MR) is 122 cm³/mol. The third-order valence-corrected chi connectivity index (χ3v) is 5.26. The number of carbonyl (C=O) groups excluding carboxylic acids is 4. The largest absolute Gasteiger partial charge is 0.508 e. The lowest BCUT2D eigenvalue weighted by Gasteiger charge is -2.25. The van der Waals surface area contributed by atoms with Crippen LogP contribution in [0.1, 0.15) is 38.7 Å². The molecule has 0 aliphatic rings. The van der Waals surface area contributed by atoms with Crippen molar-refractivity contribution >= 4 is 29.6 Å². The summed E-state index contributed by atoms with van der Waals surface area (Å²) < 4.78 is 0. The first-order valence-electron chi connectivity index (χ1n) is 10.9. The topological polar surface area (TPSA) is 214 Å². The number of carbonyl (C=O) groups is 5. The molecule has 0 bridgehead atoms. The lowest BCUT2D eigenvalue weighted by molar-refractivity contribution is -0.141. The number of phenolic OH excluding ortho intramolecular Hbond substituents is 1. The molecule has 34 heavy (non-hydrogen) atoms. The molecule has 0 radical (unpaired) electrons. The van der Waals surface area contributed by atoms with Crippen molar-refractivity contribution in [3.05, 3.63) is 29.8 Å². The molecule has 1 aromatic carbocycles. The molecule has 4 atom stereocenters. The third kappa shape index (κ3) is 9.86. The third-order valence-electron chi connectivity index (χ3n) is 5.26. The van der Waals surface area contributed by atoms with Crippen LogP contribution in [0.4, 0.5) is 0 Å². The average Bonchev–Trinajstić information content (AvgIpc) is 2.79. The number of aliphatic carboxylic acids is 1. The van der Waals surface area contributed by atoms with Crippen LogP contribution in [0.2, 0.25) is 0 Å². The van der Waals surface area contributed by atoms with Crippen LogP contribution >= 0.6 is 0 Å². The van der Waals surface area contributed by atoms with Crippen LogP contribution in [-0.2, 0) is 30.4 Å². The van der Waals surface area contributed by atoms with E-state index in [0.29, 0.717) is 12.0 Å². The molecule has 0 saturated heterocycles. The second-order valence-electron chi connectivity index (χ2n) is 8.03. The van der Waals surface area contributed by atoms with Gasteiger partial charge in [0.2, 0.25) is 23.6 Å². The van der Waals surface area contributed by atoms with Crippen molar-refractivity contribution in [2.75, 3.05) is 6.54 Å². The zero-order chi connectivity index (χ0) is 25.8. The molecule has 1 rings (SSSR count). The van der Waals surface area contributed by atoms with Gasteiger partial charge in [-0.2, -0.15) is 0 Å². The van der Waals surface area contributed by atoms with Crippen molar-refractivity contribution in [3.63, 3.8) is 0 Å². The van der Waals surface area contributed by atoms with Crippen molar-refractivity contribution in [1.29, 1.82) is 0 Å². The van der Waals surface area contributed by atoms with Gasteiger partial charge in [0.25, 0.3) is 0 Å². The summed E-state index contributed by atoms with van der Waals surface area (Å²) in [5.41, 5.74) is 11.4. The van der Waals surface area contributed by atoms with Crippen molar-refractivity contribution in [1.82, 2.24) is 16.0 Å². The Hall–Kier alpha value is -3.67. The highest BCUT2D eigenvalue weighted by atomic mass is 16.4. The fraction of sp³-hybridized carbons (Fsp3) is 0.500. The summed E-state index contributed by atoms with van der Waals surface area (Å²) >= 11 is 0. The lowest BCUT2D eigenvalue weighted by atomic mass is 9.97. The smallest absolute Gasteiger partial charge is 0.326 e. The first-order valence-corrected chi connectivity index (χ1v) is 10.9. The second-order valence-corrected chi connectivity index (χ2v) is 8.03. The number of primary amides is 1. The van der Waals surface area contributed by atoms with E-state index in [1.807, 2.05) is 6.92 Å². The molecule has 0 aliphatic carbocycles. The maximum absolute atomic E-state index is 12.7. The number of carboxylic acid groups (broad SMARTS) is 1. The first-order chi connectivity index (χ1) is 15.9. The number of hydrogen-bond donors (Lipinski definition) is 7. The van der Waals surface area contributed by atoms with Gasteiger partial charge in [0.1, 0.15) is 17.8 Å². The Bertz CT molecular complexity index is 875. The summed E-state index contributed by atoms with van der Waals surface area (Å²) in [7, 11) is 0. The lowest BCUT2D eigenvalue weighted by Crippen LogP contribution is -2.55. The van der Waals surface area contributed by atoms with E-state index >= 15 is 0 Å². The van der Waals surface area contributed by atoms with Gasteiger partial charge in [-0.3, -0.25) is 19.2 Å². The van der Waals surface area contributed by atoms with Crippen LogP contribution in [0, 0.1) is 5.92 Å². The van der Waals surface area contributed by atoms with Crippen LogP contribution in [0.15, 0.2) is 24.3 Å². The van der Waals surface area contributed by atoms with Gasteiger partial charge in [-0.05, 0) is 30.0 Å². The maximum Gasteiger partial charge on any atom is 0.326 e. The minimum atomic E-state index is -1.26. The fourth-order valence-corrected chi connectivity index (χ4v) is 2.98. The number of carboxylic acids is 1. The predicted octanol–water partition coefficient (Wildman–Crippen LogP) is -1.26. The van der Waals surface area contributed by atoms with E-state index in [1.54, 1.807) is 6.92 Å². The molecule has 0 aromatic heterocycles. The molecule has 0 heterocycles. The van der Waals surface area contributed by atoms with E-state index in [-0.39, 0.29) is 30.9 Å². The number of rotatable bonds is 14. The van der Waals surface area contributed by atoms with E-state index in [2.05, 4.69) is 16.0 Å². The van der Waals surface area contributed by atoms with Gasteiger partial charge in [-0.25, -0.2) is 4.79 Å².